The standard InChI is InChI=1S/C13H14F3N3O/c1-7(2)9-6-18-12-11(19-9)8(5-17-12)10(20)3-4-13(14,15)16/h5-7H,3-4H2,1-2H3,(H,17,18). The Morgan fingerprint density at radius 2 is 2.10 bits per heavy atom. The van der Waals surface area contributed by atoms with Crippen LogP contribution in [0.25, 0.3) is 11.2 Å². The minimum Gasteiger partial charge on any atom is -0.344 e. The van der Waals surface area contributed by atoms with E-state index in [1.165, 1.54) is 6.20 Å². The van der Waals surface area contributed by atoms with Crippen LogP contribution in [0.5, 0.6) is 0 Å². The van der Waals surface area contributed by atoms with Crippen LogP contribution in [0.15, 0.2) is 12.4 Å². The van der Waals surface area contributed by atoms with Gasteiger partial charge in [-0.25, -0.2) is 9.97 Å². The molecule has 108 valence electrons. The molecule has 0 unspecified atom stereocenters. The highest BCUT2D eigenvalue weighted by Gasteiger charge is 2.29. The zero-order valence-corrected chi connectivity index (χ0v) is 11.1. The molecule has 0 aromatic carbocycles. The Hall–Kier alpha value is -1.92. The third kappa shape index (κ3) is 3.15. The molecule has 0 amide bonds. The number of Topliss-reactive ketones (excluding diaryl/α,β-unsaturated/α-hetero) is 1. The summed E-state index contributed by atoms with van der Waals surface area (Å²) >= 11 is 0. The van der Waals surface area contributed by atoms with Gasteiger partial charge in [0.05, 0.1) is 23.9 Å². The summed E-state index contributed by atoms with van der Waals surface area (Å²) < 4.78 is 36.5. The van der Waals surface area contributed by atoms with Crippen LogP contribution in [-0.4, -0.2) is 26.9 Å². The van der Waals surface area contributed by atoms with Crippen LogP contribution in [0.1, 0.15) is 48.7 Å². The van der Waals surface area contributed by atoms with Gasteiger partial charge in [-0.05, 0) is 5.92 Å². The van der Waals surface area contributed by atoms with Gasteiger partial charge >= 0.3 is 6.18 Å². The van der Waals surface area contributed by atoms with Crippen molar-refractivity contribution in [1.82, 2.24) is 15.0 Å². The smallest absolute Gasteiger partial charge is 0.344 e. The lowest BCUT2D eigenvalue weighted by Gasteiger charge is -2.05. The second kappa shape index (κ2) is 5.22. The average molecular weight is 285 g/mol. The molecule has 20 heavy (non-hydrogen) atoms. The minimum atomic E-state index is -4.34. The highest BCUT2D eigenvalue weighted by molar-refractivity contribution is 6.05. The molecular formula is C13H14F3N3O. The molecule has 0 aliphatic carbocycles. The van der Waals surface area contributed by atoms with Gasteiger partial charge in [-0.15, -0.1) is 0 Å². The van der Waals surface area contributed by atoms with Gasteiger partial charge in [0, 0.05) is 12.6 Å². The molecule has 0 saturated carbocycles. The van der Waals surface area contributed by atoms with Crippen molar-refractivity contribution in [2.75, 3.05) is 0 Å². The van der Waals surface area contributed by atoms with Crippen LogP contribution in [-0.2, 0) is 0 Å². The number of H-pyrrole nitrogens is 1. The monoisotopic (exact) mass is 285 g/mol. The summed E-state index contributed by atoms with van der Waals surface area (Å²) in [4.78, 5) is 23.0. The normalized spacial score (nSPS) is 12.3. The van der Waals surface area contributed by atoms with Gasteiger partial charge in [0.25, 0.3) is 0 Å². The lowest BCUT2D eigenvalue weighted by atomic mass is 10.1. The minimum absolute atomic E-state index is 0.125. The average Bonchev–Trinajstić information content (AvgIpc) is 2.77. The topological polar surface area (TPSA) is 58.6 Å². The van der Waals surface area contributed by atoms with Crippen molar-refractivity contribution in [3.8, 4) is 0 Å². The highest BCUT2D eigenvalue weighted by Crippen LogP contribution is 2.24. The number of carbonyl (C=O) groups is 1. The van der Waals surface area contributed by atoms with E-state index in [-0.39, 0.29) is 11.5 Å². The molecule has 0 atom stereocenters. The fraction of sp³-hybridized carbons (Fsp3) is 0.462. The number of rotatable bonds is 4. The molecule has 0 fully saturated rings. The summed E-state index contributed by atoms with van der Waals surface area (Å²) in [5.41, 5.74) is 1.61. The third-order valence-electron chi connectivity index (χ3n) is 2.93. The first-order valence-electron chi connectivity index (χ1n) is 6.22. The van der Waals surface area contributed by atoms with Crippen LogP contribution in [0.2, 0.25) is 0 Å². The zero-order valence-electron chi connectivity index (χ0n) is 11.1. The number of nitrogens with zero attached hydrogens (tertiary/aromatic N) is 2. The van der Waals surface area contributed by atoms with Gasteiger partial charge in [0.2, 0.25) is 0 Å². The molecule has 0 radical (unpaired) electrons. The Morgan fingerprint density at radius 1 is 1.40 bits per heavy atom. The number of hydrogen-bond donors (Lipinski definition) is 1. The predicted molar refractivity (Wildman–Crippen MR) is 67.6 cm³/mol. The molecule has 2 aromatic rings. The van der Waals surface area contributed by atoms with E-state index in [9.17, 15) is 18.0 Å². The van der Waals surface area contributed by atoms with Gasteiger partial charge in [-0.2, -0.15) is 13.2 Å². The number of nitrogens with one attached hydrogen (secondary N) is 1. The molecule has 0 bridgehead atoms. The van der Waals surface area contributed by atoms with E-state index >= 15 is 0 Å². The van der Waals surface area contributed by atoms with Crippen LogP contribution in [0.4, 0.5) is 13.2 Å². The maximum absolute atomic E-state index is 12.2. The Balaban J connectivity index is 2.30. The molecule has 2 aromatic heterocycles. The highest BCUT2D eigenvalue weighted by atomic mass is 19.4. The Morgan fingerprint density at radius 3 is 2.70 bits per heavy atom. The maximum atomic E-state index is 12.2. The van der Waals surface area contributed by atoms with Crippen molar-refractivity contribution >= 4 is 16.9 Å². The third-order valence-corrected chi connectivity index (χ3v) is 2.93. The second-order valence-corrected chi connectivity index (χ2v) is 4.89. The summed E-state index contributed by atoms with van der Waals surface area (Å²) in [6, 6.07) is 0. The Labute approximate surface area is 113 Å². The van der Waals surface area contributed by atoms with E-state index in [1.807, 2.05) is 13.8 Å². The van der Waals surface area contributed by atoms with Crippen molar-refractivity contribution in [2.24, 2.45) is 0 Å². The number of alkyl halides is 3. The zero-order chi connectivity index (χ0) is 14.9. The first-order chi connectivity index (χ1) is 9.28. The van der Waals surface area contributed by atoms with Crippen molar-refractivity contribution in [3.05, 3.63) is 23.7 Å². The predicted octanol–water partition coefficient (Wildman–Crippen LogP) is 3.61. The molecule has 2 rings (SSSR count). The Bertz CT molecular complexity index is 631. The molecule has 0 spiro atoms. The van der Waals surface area contributed by atoms with Gasteiger partial charge in [-0.1, -0.05) is 13.8 Å². The largest absolute Gasteiger partial charge is 0.389 e. The molecule has 4 nitrogen and oxygen atoms in total. The fourth-order valence-corrected chi connectivity index (χ4v) is 1.79. The lowest BCUT2D eigenvalue weighted by Crippen LogP contribution is -2.11. The molecule has 1 N–H and O–H groups in total. The van der Waals surface area contributed by atoms with E-state index in [0.29, 0.717) is 16.9 Å². The number of ketones is 1. The van der Waals surface area contributed by atoms with E-state index in [4.69, 9.17) is 0 Å². The summed E-state index contributed by atoms with van der Waals surface area (Å²) in [7, 11) is 0. The van der Waals surface area contributed by atoms with Crippen LogP contribution >= 0.6 is 0 Å². The van der Waals surface area contributed by atoms with Crippen molar-refractivity contribution in [2.45, 2.75) is 38.8 Å². The van der Waals surface area contributed by atoms with Gasteiger partial charge in [-0.3, -0.25) is 4.79 Å². The van der Waals surface area contributed by atoms with Crippen molar-refractivity contribution in [3.63, 3.8) is 0 Å². The van der Waals surface area contributed by atoms with Crippen LogP contribution in [0, 0.1) is 0 Å². The molecule has 2 heterocycles. The van der Waals surface area contributed by atoms with Crippen molar-refractivity contribution < 1.29 is 18.0 Å². The maximum Gasteiger partial charge on any atom is 0.389 e. The van der Waals surface area contributed by atoms with Gasteiger partial charge < -0.3 is 4.98 Å². The fourth-order valence-electron chi connectivity index (χ4n) is 1.79. The van der Waals surface area contributed by atoms with Gasteiger partial charge in [0.15, 0.2) is 11.4 Å². The second-order valence-electron chi connectivity index (χ2n) is 4.89. The summed E-state index contributed by atoms with van der Waals surface area (Å²) in [5.74, 6) is -0.455. The van der Waals surface area contributed by atoms with Crippen molar-refractivity contribution in [1.29, 1.82) is 0 Å². The molecular weight excluding hydrogens is 271 g/mol. The SMILES string of the molecule is CC(C)c1cnc2[nH]cc(C(=O)CCC(F)(F)F)c2n1. The molecule has 0 aliphatic rings. The summed E-state index contributed by atoms with van der Waals surface area (Å²) in [6.45, 7) is 3.85. The summed E-state index contributed by atoms with van der Waals surface area (Å²) in [5, 5.41) is 0. The number of hydrogen-bond acceptors (Lipinski definition) is 3. The number of aromatic nitrogens is 3. The van der Waals surface area contributed by atoms with E-state index in [1.54, 1.807) is 6.20 Å². The number of fused-ring (bicyclic) bond motifs is 1. The first kappa shape index (κ1) is 14.5. The molecule has 0 aliphatic heterocycles. The van der Waals surface area contributed by atoms with Crippen LogP contribution < -0.4 is 0 Å². The quantitative estimate of drug-likeness (QED) is 0.873. The number of halogens is 3. The summed E-state index contributed by atoms with van der Waals surface area (Å²) in [6.07, 6.45) is -3.09. The molecule has 0 saturated heterocycles. The van der Waals surface area contributed by atoms with Crippen LogP contribution in [0.3, 0.4) is 0 Å². The van der Waals surface area contributed by atoms with E-state index in [0.717, 1.165) is 0 Å². The van der Waals surface area contributed by atoms with Gasteiger partial charge in [0.1, 0.15) is 5.52 Å². The Kier molecular flexibility index (Phi) is 3.78. The molecule has 7 heteroatoms. The number of carbonyl (C=O) groups excluding carboxylic acids is 1. The number of aromatic amines is 1. The lowest BCUT2D eigenvalue weighted by molar-refractivity contribution is -0.133. The van der Waals surface area contributed by atoms with E-state index < -0.39 is 24.8 Å². The van der Waals surface area contributed by atoms with E-state index in [2.05, 4.69) is 15.0 Å². The first-order valence-corrected chi connectivity index (χ1v) is 6.22.